The number of ether oxygens (including phenoxy) is 1. The van der Waals surface area contributed by atoms with E-state index in [-0.39, 0.29) is 32.8 Å². The Bertz CT molecular complexity index is 1490. The lowest BCUT2D eigenvalue weighted by Crippen LogP contribution is -2.40. The van der Waals surface area contributed by atoms with Gasteiger partial charge in [0.2, 0.25) is 0 Å². The number of benzene rings is 1. The average Bonchev–Trinajstić information content (AvgIpc) is 3.33. The van der Waals surface area contributed by atoms with Gasteiger partial charge in [-0.3, -0.25) is 4.99 Å². The fourth-order valence-corrected chi connectivity index (χ4v) is 8.03. The first-order valence-electron chi connectivity index (χ1n) is 15.0. The molecule has 0 amide bonds. The van der Waals surface area contributed by atoms with Crippen LogP contribution in [0.2, 0.25) is 0 Å². The molecule has 12 nitrogen and oxygen atoms in total. The summed E-state index contributed by atoms with van der Waals surface area (Å²) in [4.78, 5) is 29.5. The molecule has 3 rings (SSSR count). The number of thioether (sulfide) groups is 1. The Labute approximate surface area is 270 Å². The van der Waals surface area contributed by atoms with Crippen molar-refractivity contribution in [3.05, 3.63) is 41.1 Å². The Morgan fingerprint density at radius 1 is 1.07 bits per heavy atom. The van der Waals surface area contributed by atoms with E-state index in [0.29, 0.717) is 51.1 Å². The smallest absolute Gasteiger partial charge is 0.352 e. The lowest BCUT2D eigenvalue weighted by molar-refractivity contribution is -0.136. The summed E-state index contributed by atoms with van der Waals surface area (Å²) in [5, 5.41) is 9.46. The minimum absolute atomic E-state index is 0.00692. The molecular formula is C31H48N6O6S2. The third-order valence-corrected chi connectivity index (χ3v) is 11.1. The van der Waals surface area contributed by atoms with E-state index in [1.54, 1.807) is 11.8 Å². The largest absolute Gasteiger partial charge is 0.477 e. The second-order valence-corrected chi connectivity index (χ2v) is 16.7. The normalized spacial score (nSPS) is 15.9. The third kappa shape index (κ3) is 9.02. The van der Waals surface area contributed by atoms with Crippen molar-refractivity contribution in [1.29, 1.82) is 0 Å². The molecule has 1 aromatic carbocycles. The average molecular weight is 665 g/mol. The minimum Gasteiger partial charge on any atom is -0.477 e. The number of aromatic carboxylic acids is 1. The predicted molar refractivity (Wildman–Crippen MR) is 177 cm³/mol. The van der Waals surface area contributed by atoms with E-state index in [1.807, 2.05) is 0 Å². The van der Waals surface area contributed by atoms with Crippen LogP contribution in [-0.4, -0.2) is 71.2 Å². The highest BCUT2D eigenvalue weighted by Crippen LogP contribution is 2.44. The SMILES string of the molecule is Cn1c(C(=O)O)ccc1S(=O)(=O)N1CCC(Sc2cc(C(C)(C)C)c(OC(=O)[C@@H](N)CCCN=C(N)N)c(C(C)(C)C)c2)CC1. The number of guanidine groups is 1. The van der Waals surface area contributed by atoms with Gasteiger partial charge in [-0.2, -0.15) is 4.31 Å². The van der Waals surface area contributed by atoms with Crippen LogP contribution in [0.25, 0.3) is 0 Å². The molecule has 0 radical (unpaired) electrons. The molecule has 14 heteroatoms. The summed E-state index contributed by atoms with van der Waals surface area (Å²) in [6.45, 7) is 13.4. The number of esters is 1. The summed E-state index contributed by atoms with van der Waals surface area (Å²) in [6, 6.07) is 5.94. The molecule has 0 saturated carbocycles. The topological polar surface area (TPSA) is 196 Å². The second-order valence-electron chi connectivity index (χ2n) is 13.5. The summed E-state index contributed by atoms with van der Waals surface area (Å²) < 4.78 is 35.4. The second kappa shape index (κ2) is 14.1. The molecular weight excluding hydrogens is 617 g/mol. The maximum absolute atomic E-state index is 13.3. The lowest BCUT2D eigenvalue weighted by Gasteiger charge is -2.33. The molecule has 45 heavy (non-hydrogen) atoms. The maximum Gasteiger partial charge on any atom is 0.352 e. The Kier molecular flexibility index (Phi) is 11.4. The van der Waals surface area contributed by atoms with E-state index in [1.165, 1.54) is 28.1 Å². The highest BCUT2D eigenvalue weighted by molar-refractivity contribution is 8.00. The van der Waals surface area contributed by atoms with Crippen molar-refractivity contribution in [2.75, 3.05) is 19.6 Å². The van der Waals surface area contributed by atoms with Crippen LogP contribution >= 0.6 is 11.8 Å². The van der Waals surface area contributed by atoms with Crippen molar-refractivity contribution in [2.24, 2.45) is 29.2 Å². The van der Waals surface area contributed by atoms with E-state index in [4.69, 9.17) is 21.9 Å². The standard InChI is InChI=1S/C31H48N6O6S2/c1-30(2,3)21-17-20(18-22(31(4,5)6)26(21)43-28(40)23(32)9-8-14-35-29(33)34)44-19-12-15-37(16-13-19)45(41,42)25-11-10-24(27(38)39)36(25)7/h10-11,17-19,23H,8-9,12-16,32H2,1-7H3,(H,38,39)(H4,33,34,35)/t23-/m0/s1. The van der Waals surface area contributed by atoms with E-state index in [2.05, 4.69) is 58.7 Å². The number of nitrogens with zero attached hydrogens (tertiary/aromatic N) is 3. The van der Waals surface area contributed by atoms with Gasteiger partial charge in [0.25, 0.3) is 10.0 Å². The van der Waals surface area contributed by atoms with Gasteiger partial charge in [0.05, 0.1) is 0 Å². The number of nitrogens with two attached hydrogens (primary N) is 3. The van der Waals surface area contributed by atoms with Crippen LogP contribution in [0.5, 0.6) is 5.75 Å². The van der Waals surface area contributed by atoms with Crippen LogP contribution in [0.15, 0.2) is 39.2 Å². The number of rotatable bonds is 11. The number of carbonyl (C=O) groups excluding carboxylic acids is 1. The van der Waals surface area contributed by atoms with Crippen LogP contribution < -0.4 is 21.9 Å². The van der Waals surface area contributed by atoms with Gasteiger partial charge in [0.1, 0.15) is 17.5 Å². The first-order chi connectivity index (χ1) is 20.7. The number of carbonyl (C=O) groups is 2. The summed E-state index contributed by atoms with van der Waals surface area (Å²) in [5.41, 5.74) is 17.9. The van der Waals surface area contributed by atoms with Crippen molar-refractivity contribution in [3.8, 4) is 5.75 Å². The summed E-state index contributed by atoms with van der Waals surface area (Å²) in [7, 11) is -2.40. The number of hydrogen-bond acceptors (Lipinski definition) is 8. The van der Waals surface area contributed by atoms with Gasteiger partial charge in [0, 0.05) is 48.0 Å². The molecule has 1 saturated heterocycles. The quantitative estimate of drug-likeness (QED) is 0.0906. The molecule has 1 atom stereocenters. The molecule has 1 aliphatic rings. The first-order valence-corrected chi connectivity index (χ1v) is 17.3. The Morgan fingerprint density at radius 3 is 2.09 bits per heavy atom. The van der Waals surface area contributed by atoms with Crippen LogP contribution in [0.3, 0.4) is 0 Å². The number of hydrogen-bond donors (Lipinski definition) is 4. The highest BCUT2D eigenvalue weighted by atomic mass is 32.2. The van der Waals surface area contributed by atoms with Crippen LogP contribution in [0.1, 0.15) is 88.8 Å². The maximum atomic E-state index is 13.3. The third-order valence-electron chi connectivity index (χ3n) is 7.75. The fourth-order valence-electron chi connectivity index (χ4n) is 5.19. The van der Waals surface area contributed by atoms with Gasteiger partial charge >= 0.3 is 11.9 Å². The highest BCUT2D eigenvalue weighted by Gasteiger charge is 2.34. The van der Waals surface area contributed by atoms with Gasteiger partial charge in [-0.25, -0.2) is 18.0 Å². The molecule has 1 fully saturated rings. The molecule has 2 aromatic rings. The molecule has 0 spiro atoms. The first kappa shape index (κ1) is 36.4. The van der Waals surface area contributed by atoms with E-state index < -0.39 is 28.0 Å². The predicted octanol–water partition coefficient (Wildman–Crippen LogP) is 3.55. The van der Waals surface area contributed by atoms with Gasteiger partial charge in [-0.05, 0) is 60.8 Å². The van der Waals surface area contributed by atoms with Crippen molar-refractivity contribution >= 4 is 39.7 Å². The fraction of sp³-hybridized carbons (Fsp3) is 0.581. The lowest BCUT2D eigenvalue weighted by atomic mass is 9.79. The molecule has 1 aromatic heterocycles. The number of piperidine rings is 1. The van der Waals surface area contributed by atoms with Gasteiger partial charge in [-0.1, -0.05) is 41.5 Å². The van der Waals surface area contributed by atoms with E-state index in [9.17, 15) is 23.1 Å². The van der Waals surface area contributed by atoms with Crippen molar-refractivity contribution in [3.63, 3.8) is 0 Å². The number of carboxylic acid groups (broad SMARTS) is 1. The van der Waals surface area contributed by atoms with Gasteiger partial charge in [-0.15, -0.1) is 11.8 Å². The molecule has 2 heterocycles. The van der Waals surface area contributed by atoms with Gasteiger partial charge in [0.15, 0.2) is 11.0 Å². The zero-order chi connectivity index (χ0) is 33.9. The van der Waals surface area contributed by atoms with Crippen molar-refractivity contribution in [2.45, 2.75) is 99.3 Å². The van der Waals surface area contributed by atoms with Gasteiger partial charge < -0.3 is 31.6 Å². The van der Waals surface area contributed by atoms with Crippen molar-refractivity contribution in [1.82, 2.24) is 8.87 Å². The molecule has 250 valence electrons. The molecule has 0 aliphatic carbocycles. The molecule has 0 unspecified atom stereocenters. The summed E-state index contributed by atoms with van der Waals surface area (Å²) >= 11 is 1.69. The van der Waals surface area contributed by atoms with E-state index in [0.717, 1.165) is 16.0 Å². The van der Waals surface area contributed by atoms with Crippen LogP contribution in [0.4, 0.5) is 0 Å². The molecule has 7 N–H and O–H groups in total. The van der Waals surface area contributed by atoms with Crippen molar-refractivity contribution < 1.29 is 27.9 Å². The minimum atomic E-state index is -3.84. The van der Waals surface area contributed by atoms with Crippen LogP contribution in [-0.2, 0) is 32.7 Å². The molecule has 0 bridgehead atoms. The monoisotopic (exact) mass is 664 g/mol. The van der Waals surface area contributed by atoms with E-state index >= 15 is 0 Å². The Hall–Kier alpha value is -3.07. The zero-order valence-electron chi connectivity index (χ0n) is 27.3. The summed E-state index contributed by atoms with van der Waals surface area (Å²) in [5.74, 6) is -1.18. The Morgan fingerprint density at radius 2 is 1.62 bits per heavy atom. The van der Waals surface area contributed by atoms with Crippen LogP contribution in [0, 0.1) is 0 Å². The molecule has 1 aliphatic heterocycles. The number of carboxylic acids is 1. The number of aromatic nitrogens is 1. The summed E-state index contributed by atoms with van der Waals surface area (Å²) in [6.07, 6.45) is 2.16. The Balaban J connectivity index is 1.82. The zero-order valence-corrected chi connectivity index (χ0v) is 28.9. The number of sulfonamides is 1. The number of aliphatic imine (C=N–C) groups is 1.